The van der Waals surface area contributed by atoms with E-state index in [4.69, 9.17) is 9.47 Å². The van der Waals surface area contributed by atoms with Crippen LogP contribution in [0.15, 0.2) is 29.3 Å². The Morgan fingerprint density at radius 1 is 1.11 bits per heavy atom. The third-order valence-electron chi connectivity index (χ3n) is 5.13. The molecule has 2 aromatic rings. The van der Waals surface area contributed by atoms with Crippen molar-refractivity contribution in [2.45, 2.75) is 60.4 Å². The van der Waals surface area contributed by atoms with E-state index in [9.17, 15) is 5.11 Å². The van der Waals surface area contributed by atoms with Crippen LogP contribution in [0.1, 0.15) is 53.7 Å². The Kier molecular flexibility index (Phi) is 14.6. The summed E-state index contributed by atoms with van der Waals surface area (Å²) in [6.45, 7) is 16.9. The van der Waals surface area contributed by atoms with Gasteiger partial charge in [0.2, 0.25) is 5.95 Å². The van der Waals surface area contributed by atoms with Gasteiger partial charge in [0, 0.05) is 32.1 Å². The average molecular weight is 503 g/mol. The van der Waals surface area contributed by atoms with E-state index in [2.05, 4.69) is 51.7 Å². The first-order valence-corrected chi connectivity index (χ1v) is 12.6. The van der Waals surface area contributed by atoms with Crippen molar-refractivity contribution in [1.82, 2.24) is 15.3 Å². The Morgan fingerprint density at radius 2 is 1.75 bits per heavy atom. The summed E-state index contributed by atoms with van der Waals surface area (Å²) in [4.78, 5) is 13.5. The van der Waals surface area contributed by atoms with Gasteiger partial charge in [-0.05, 0) is 57.9 Å². The van der Waals surface area contributed by atoms with E-state index in [-0.39, 0.29) is 6.61 Å². The minimum Gasteiger partial charge on any atom is -0.492 e. The summed E-state index contributed by atoms with van der Waals surface area (Å²) in [5, 5.41) is 19.2. The third kappa shape index (κ3) is 12.3. The Balaban J connectivity index is 0.00000118. The molecule has 0 spiro atoms. The number of benzene rings is 1. The lowest BCUT2D eigenvalue weighted by Gasteiger charge is -2.24. The van der Waals surface area contributed by atoms with Gasteiger partial charge in [-0.25, -0.2) is 4.98 Å². The molecule has 0 radical (unpaired) electrons. The van der Waals surface area contributed by atoms with Gasteiger partial charge >= 0.3 is 0 Å². The monoisotopic (exact) mass is 502 g/mol. The lowest BCUT2D eigenvalue weighted by Crippen LogP contribution is -2.35. The van der Waals surface area contributed by atoms with Crippen LogP contribution in [-0.2, 0) is 4.74 Å². The zero-order valence-corrected chi connectivity index (χ0v) is 23.3. The molecule has 1 aromatic heterocycles. The first-order valence-electron chi connectivity index (χ1n) is 12.6. The highest BCUT2D eigenvalue weighted by Gasteiger charge is 2.19. The van der Waals surface area contributed by atoms with E-state index in [1.54, 1.807) is 13.3 Å². The van der Waals surface area contributed by atoms with E-state index in [0.717, 1.165) is 36.1 Å². The van der Waals surface area contributed by atoms with E-state index in [0.29, 0.717) is 30.7 Å². The van der Waals surface area contributed by atoms with Crippen LogP contribution in [0.4, 0.5) is 23.1 Å². The second-order valence-electron chi connectivity index (χ2n) is 9.43. The fourth-order valence-corrected chi connectivity index (χ4v) is 2.65. The number of methoxy groups -OCH3 is 1. The summed E-state index contributed by atoms with van der Waals surface area (Å²) >= 11 is 0. The number of aliphatic hydroxyl groups excluding tert-OH is 1. The Labute approximate surface area is 217 Å². The largest absolute Gasteiger partial charge is 0.492 e. The van der Waals surface area contributed by atoms with Gasteiger partial charge in [0.15, 0.2) is 5.82 Å². The Hall–Kier alpha value is -2.75. The number of aliphatic hydroxyl groups is 1. The fraction of sp³-hybridized carbons (Fsp3) is 0.593. The molecule has 0 fully saturated rings. The van der Waals surface area contributed by atoms with Crippen molar-refractivity contribution in [3.63, 3.8) is 0 Å². The summed E-state index contributed by atoms with van der Waals surface area (Å²) in [6, 6.07) is 7.66. The zero-order valence-electron chi connectivity index (χ0n) is 23.3. The molecule has 0 saturated carbocycles. The zero-order chi connectivity index (χ0) is 27.0. The minimum atomic E-state index is -0.545. The molecule has 1 heterocycles. The van der Waals surface area contributed by atoms with Gasteiger partial charge in [-0.1, -0.05) is 27.2 Å². The third-order valence-corrected chi connectivity index (χ3v) is 5.13. The molecule has 0 bridgehead atoms. The number of aryl methyl sites for hydroxylation is 1. The molecule has 0 unspecified atom stereocenters. The predicted octanol–water partition coefficient (Wildman–Crippen LogP) is 5.10. The molecule has 0 aliphatic carbocycles. The van der Waals surface area contributed by atoms with Crippen LogP contribution in [0.5, 0.6) is 5.75 Å². The highest BCUT2D eigenvalue weighted by atomic mass is 16.5. The lowest BCUT2D eigenvalue weighted by molar-refractivity contribution is 0.197. The number of hydrogen-bond acceptors (Lipinski definition) is 9. The molecule has 0 atom stereocenters. The second kappa shape index (κ2) is 16.8. The quantitative estimate of drug-likeness (QED) is 0.208. The number of aliphatic imine (C=N–C) groups is 1. The molecule has 0 aliphatic rings. The lowest BCUT2D eigenvalue weighted by atomic mass is 10.1. The summed E-state index contributed by atoms with van der Waals surface area (Å²) in [5.41, 5.74) is 1.70. The van der Waals surface area contributed by atoms with Crippen molar-refractivity contribution < 1.29 is 14.6 Å². The van der Waals surface area contributed by atoms with Crippen molar-refractivity contribution >= 4 is 29.4 Å². The topological polar surface area (TPSA) is 113 Å². The summed E-state index contributed by atoms with van der Waals surface area (Å²) in [7, 11) is 1.68. The van der Waals surface area contributed by atoms with Crippen LogP contribution in [0.3, 0.4) is 0 Å². The molecule has 0 amide bonds. The molecule has 9 nitrogen and oxygen atoms in total. The Bertz CT molecular complexity index is 901. The van der Waals surface area contributed by atoms with Crippen LogP contribution in [0, 0.1) is 12.8 Å². The van der Waals surface area contributed by atoms with Crippen LogP contribution in [0.25, 0.3) is 0 Å². The first-order chi connectivity index (χ1) is 17.1. The minimum absolute atomic E-state index is 0.0452. The first kappa shape index (κ1) is 31.3. The van der Waals surface area contributed by atoms with E-state index < -0.39 is 5.54 Å². The molecular weight excluding hydrogens is 456 g/mol. The van der Waals surface area contributed by atoms with Crippen molar-refractivity contribution in [1.29, 1.82) is 0 Å². The molecular formula is C27H46N6O3. The molecule has 0 saturated heterocycles. The number of nitrogens with one attached hydrogen (secondary N) is 3. The molecule has 4 N–H and O–H groups in total. The second-order valence-corrected chi connectivity index (χ2v) is 9.43. The van der Waals surface area contributed by atoms with Crippen LogP contribution in [-0.4, -0.2) is 66.8 Å². The van der Waals surface area contributed by atoms with Gasteiger partial charge in [-0.15, -0.1) is 0 Å². The van der Waals surface area contributed by atoms with E-state index >= 15 is 0 Å². The maximum Gasteiger partial charge on any atom is 0.225 e. The number of aromatic nitrogens is 2. The van der Waals surface area contributed by atoms with Crippen molar-refractivity contribution in [2.24, 2.45) is 10.9 Å². The average Bonchev–Trinajstić information content (AvgIpc) is 2.84. The van der Waals surface area contributed by atoms with E-state index in [1.807, 2.05) is 52.0 Å². The molecule has 36 heavy (non-hydrogen) atoms. The maximum atomic E-state index is 9.53. The van der Waals surface area contributed by atoms with Crippen LogP contribution >= 0.6 is 0 Å². The van der Waals surface area contributed by atoms with Gasteiger partial charge in [0.1, 0.15) is 18.0 Å². The predicted molar refractivity (Wildman–Crippen MR) is 150 cm³/mol. The van der Waals surface area contributed by atoms with Gasteiger partial charge in [0.05, 0.1) is 24.4 Å². The van der Waals surface area contributed by atoms with Crippen molar-refractivity contribution in [3.8, 4) is 5.75 Å². The Morgan fingerprint density at radius 3 is 2.31 bits per heavy atom. The summed E-state index contributed by atoms with van der Waals surface area (Å²) < 4.78 is 10.7. The number of ether oxygens (including phenoxy) is 2. The van der Waals surface area contributed by atoms with Gasteiger partial charge in [-0.2, -0.15) is 4.98 Å². The number of hydrogen-bond donors (Lipinski definition) is 4. The van der Waals surface area contributed by atoms with Gasteiger partial charge in [-0.3, -0.25) is 4.99 Å². The normalized spacial score (nSPS) is 11.4. The maximum absolute atomic E-state index is 9.53. The fourth-order valence-electron chi connectivity index (χ4n) is 2.65. The SMILES string of the molecule is CC=Nc1c(C)nc(NC(C)(C)CO)nc1Nc1ccc(OCCNCCOC)cc1.CCC(C)C. The van der Waals surface area contributed by atoms with Crippen molar-refractivity contribution in [2.75, 3.05) is 50.7 Å². The van der Waals surface area contributed by atoms with Gasteiger partial charge in [0.25, 0.3) is 0 Å². The molecule has 2 rings (SSSR count). The molecule has 0 aliphatic heterocycles. The van der Waals surface area contributed by atoms with Gasteiger partial charge < -0.3 is 30.5 Å². The molecule has 202 valence electrons. The highest BCUT2D eigenvalue weighted by Crippen LogP contribution is 2.31. The van der Waals surface area contributed by atoms with Crippen molar-refractivity contribution in [3.05, 3.63) is 30.0 Å². The number of anilines is 3. The number of nitrogens with zero attached hydrogens (tertiary/aromatic N) is 3. The number of rotatable bonds is 14. The molecule has 1 aromatic carbocycles. The summed E-state index contributed by atoms with van der Waals surface area (Å²) in [6.07, 6.45) is 3.01. The standard InChI is InChI=1S/C22H34N6O3.C5H12/c1-6-24-19-16(2)25-21(28-22(3,4)15-29)27-20(19)26-17-7-9-18(10-8-17)31-14-12-23-11-13-30-5;1-4-5(2)3/h6-10,23,29H,11-15H2,1-5H3,(H2,25,26,27,28);5H,4H2,1-3H3. The highest BCUT2D eigenvalue weighted by molar-refractivity contribution is 5.75. The van der Waals surface area contributed by atoms with E-state index in [1.165, 1.54) is 6.42 Å². The van der Waals surface area contributed by atoms with Crippen LogP contribution in [0.2, 0.25) is 0 Å². The smallest absolute Gasteiger partial charge is 0.225 e. The van der Waals surface area contributed by atoms with Crippen LogP contribution < -0.4 is 20.7 Å². The molecule has 9 heteroatoms. The summed E-state index contributed by atoms with van der Waals surface area (Å²) in [5.74, 6) is 2.68.